The van der Waals surface area contributed by atoms with Crippen molar-refractivity contribution in [3.63, 3.8) is 0 Å². The molecule has 2 aromatic rings. The molecule has 5 nitrogen and oxygen atoms in total. The number of nitriles is 1. The van der Waals surface area contributed by atoms with Crippen LogP contribution in [-0.2, 0) is 9.53 Å². The Morgan fingerprint density at radius 1 is 1.26 bits per heavy atom. The average molecular weight is 377 g/mol. The molecule has 0 saturated carbocycles. The van der Waals surface area contributed by atoms with Crippen molar-refractivity contribution in [2.75, 3.05) is 11.9 Å². The lowest BCUT2D eigenvalue weighted by Crippen LogP contribution is -2.21. The molecule has 1 amide bonds. The van der Waals surface area contributed by atoms with E-state index in [1.165, 1.54) is 12.1 Å². The molecule has 0 fully saturated rings. The highest BCUT2D eigenvalue weighted by molar-refractivity contribution is 9.10. The topological polar surface area (TPSA) is 79.2 Å². The van der Waals surface area contributed by atoms with E-state index in [0.29, 0.717) is 15.7 Å². The summed E-state index contributed by atoms with van der Waals surface area (Å²) in [7, 11) is 0. The van der Waals surface area contributed by atoms with Crippen LogP contribution in [0.25, 0.3) is 0 Å². The molecule has 0 atom stereocenters. The Kier molecular flexibility index (Phi) is 5.44. The zero-order valence-corrected chi connectivity index (χ0v) is 13.3. The van der Waals surface area contributed by atoms with Crippen LogP contribution >= 0.6 is 15.9 Å². The molecule has 0 aliphatic rings. The van der Waals surface area contributed by atoms with E-state index in [9.17, 15) is 14.0 Å². The van der Waals surface area contributed by atoms with Crippen LogP contribution in [0, 0.1) is 17.1 Å². The number of benzene rings is 2. The summed E-state index contributed by atoms with van der Waals surface area (Å²) in [5.74, 6) is -2.03. The number of halogens is 2. The Morgan fingerprint density at radius 3 is 2.74 bits per heavy atom. The monoisotopic (exact) mass is 376 g/mol. The fourth-order valence-electron chi connectivity index (χ4n) is 1.74. The van der Waals surface area contributed by atoms with Crippen LogP contribution < -0.4 is 5.32 Å². The highest BCUT2D eigenvalue weighted by Gasteiger charge is 2.15. The van der Waals surface area contributed by atoms with Crippen molar-refractivity contribution in [1.29, 1.82) is 5.26 Å². The molecular weight excluding hydrogens is 367 g/mol. The van der Waals surface area contributed by atoms with Gasteiger partial charge in [0.15, 0.2) is 6.61 Å². The number of esters is 1. The minimum atomic E-state index is -0.833. The normalized spacial score (nSPS) is 9.78. The number of rotatable bonds is 4. The second kappa shape index (κ2) is 7.51. The fraction of sp³-hybridized carbons (Fsp3) is 0.0625. The third-order valence-electron chi connectivity index (χ3n) is 2.80. The third-order valence-corrected chi connectivity index (χ3v) is 3.50. The maximum atomic E-state index is 13.1. The van der Waals surface area contributed by atoms with Crippen molar-refractivity contribution < 1.29 is 18.7 Å². The first-order valence-electron chi connectivity index (χ1n) is 6.42. The van der Waals surface area contributed by atoms with E-state index in [2.05, 4.69) is 21.2 Å². The second-order valence-corrected chi connectivity index (χ2v) is 5.26. The first-order valence-corrected chi connectivity index (χ1v) is 7.21. The van der Waals surface area contributed by atoms with Crippen LogP contribution in [0.1, 0.15) is 15.9 Å². The number of ether oxygens (including phenoxy) is 1. The summed E-state index contributed by atoms with van der Waals surface area (Å²) in [5.41, 5.74) is 0.596. The Bertz CT molecular complexity index is 802. The van der Waals surface area contributed by atoms with Gasteiger partial charge in [0.05, 0.1) is 16.8 Å². The minimum absolute atomic E-state index is 0.0183. The Labute approximate surface area is 139 Å². The molecule has 0 unspecified atom stereocenters. The van der Waals surface area contributed by atoms with E-state index >= 15 is 0 Å². The standard InChI is InChI=1S/C16H10BrFN2O3/c17-13-6-5-11(18)7-12(13)16(22)23-9-15(21)20-14-4-2-1-3-10(14)8-19/h1-7H,9H2,(H,20,21). The number of nitrogens with zero attached hydrogens (tertiary/aromatic N) is 1. The lowest BCUT2D eigenvalue weighted by atomic mass is 10.2. The zero-order chi connectivity index (χ0) is 16.8. The predicted molar refractivity (Wildman–Crippen MR) is 84.2 cm³/mol. The Hall–Kier alpha value is -2.72. The van der Waals surface area contributed by atoms with Crippen molar-refractivity contribution in [1.82, 2.24) is 0 Å². The minimum Gasteiger partial charge on any atom is -0.452 e. The van der Waals surface area contributed by atoms with Crippen molar-refractivity contribution in [2.45, 2.75) is 0 Å². The van der Waals surface area contributed by atoms with E-state index in [4.69, 9.17) is 10.00 Å². The van der Waals surface area contributed by atoms with Gasteiger partial charge in [0, 0.05) is 4.47 Å². The lowest BCUT2D eigenvalue weighted by Gasteiger charge is -2.08. The van der Waals surface area contributed by atoms with Gasteiger partial charge in [0.1, 0.15) is 11.9 Å². The summed E-state index contributed by atoms with van der Waals surface area (Å²) < 4.78 is 18.3. The van der Waals surface area contributed by atoms with Crippen LogP contribution in [-0.4, -0.2) is 18.5 Å². The zero-order valence-electron chi connectivity index (χ0n) is 11.7. The molecule has 0 saturated heterocycles. The van der Waals surface area contributed by atoms with Gasteiger partial charge in [-0.1, -0.05) is 12.1 Å². The van der Waals surface area contributed by atoms with Crippen molar-refractivity contribution in [2.24, 2.45) is 0 Å². The molecule has 7 heteroatoms. The van der Waals surface area contributed by atoms with E-state index in [0.717, 1.165) is 6.07 Å². The van der Waals surface area contributed by atoms with Crippen molar-refractivity contribution in [3.05, 3.63) is 63.9 Å². The summed E-state index contributed by atoms with van der Waals surface area (Å²) in [5, 5.41) is 11.4. The Balaban J connectivity index is 1.98. The molecule has 0 radical (unpaired) electrons. The number of hydrogen-bond donors (Lipinski definition) is 1. The molecule has 1 N–H and O–H groups in total. The van der Waals surface area contributed by atoms with Gasteiger partial charge in [-0.05, 0) is 46.3 Å². The Morgan fingerprint density at radius 2 is 2.00 bits per heavy atom. The molecule has 0 aromatic heterocycles. The molecule has 2 aromatic carbocycles. The number of amides is 1. The summed E-state index contributed by atoms with van der Waals surface area (Å²) >= 11 is 3.11. The predicted octanol–water partition coefficient (Wildman–Crippen LogP) is 3.26. The molecule has 0 aliphatic carbocycles. The van der Waals surface area contributed by atoms with Crippen LogP contribution in [0.5, 0.6) is 0 Å². The van der Waals surface area contributed by atoms with Crippen LogP contribution in [0.4, 0.5) is 10.1 Å². The van der Waals surface area contributed by atoms with Gasteiger partial charge in [-0.3, -0.25) is 4.79 Å². The first-order chi connectivity index (χ1) is 11.0. The fourth-order valence-corrected chi connectivity index (χ4v) is 2.15. The molecule has 2 rings (SSSR count). The smallest absolute Gasteiger partial charge is 0.339 e. The maximum absolute atomic E-state index is 13.1. The first kappa shape index (κ1) is 16.6. The summed E-state index contributed by atoms with van der Waals surface area (Å²) in [6, 6.07) is 11.9. The molecule has 116 valence electrons. The average Bonchev–Trinajstić information content (AvgIpc) is 2.55. The van der Waals surface area contributed by atoms with Gasteiger partial charge in [-0.25, -0.2) is 9.18 Å². The van der Waals surface area contributed by atoms with Crippen LogP contribution in [0.2, 0.25) is 0 Å². The number of hydrogen-bond acceptors (Lipinski definition) is 4. The van der Waals surface area contributed by atoms with Gasteiger partial charge in [-0.15, -0.1) is 0 Å². The molecule has 0 heterocycles. The van der Waals surface area contributed by atoms with Crippen LogP contribution in [0.15, 0.2) is 46.9 Å². The molecule has 0 aliphatic heterocycles. The largest absolute Gasteiger partial charge is 0.452 e. The maximum Gasteiger partial charge on any atom is 0.339 e. The van der Waals surface area contributed by atoms with Crippen molar-refractivity contribution in [3.8, 4) is 6.07 Å². The van der Waals surface area contributed by atoms with Gasteiger partial charge in [-0.2, -0.15) is 5.26 Å². The molecule has 0 bridgehead atoms. The number of anilines is 1. The third kappa shape index (κ3) is 4.37. The van der Waals surface area contributed by atoms with Gasteiger partial charge in [0.2, 0.25) is 0 Å². The quantitative estimate of drug-likeness (QED) is 0.830. The number of nitrogens with one attached hydrogen (secondary N) is 1. The molecule has 0 spiro atoms. The summed E-state index contributed by atoms with van der Waals surface area (Å²) in [6.45, 7) is -0.554. The highest BCUT2D eigenvalue weighted by atomic mass is 79.9. The van der Waals surface area contributed by atoms with Crippen LogP contribution in [0.3, 0.4) is 0 Å². The van der Waals surface area contributed by atoms with Gasteiger partial charge in [0.25, 0.3) is 5.91 Å². The highest BCUT2D eigenvalue weighted by Crippen LogP contribution is 2.19. The lowest BCUT2D eigenvalue weighted by molar-refractivity contribution is -0.119. The number of carbonyl (C=O) groups is 2. The SMILES string of the molecule is N#Cc1ccccc1NC(=O)COC(=O)c1cc(F)ccc1Br. The van der Waals surface area contributed by atoms with Crippen molar-refractivity contribution >= 4 is 33.5 Å². The second-order valence-electron chi connectivity index (χ2n) is 4.41. The molecule has 23 heavy (non-hydrogen) atoms. The number of carbonyl (C=O) groups excluding carboxylic acids is 2. The molecular formula is C16H10BrFN2O3. The van der Waals surface area contributed by atoms with E-state index in [-0.39, 0.29) is 5.56 Å². The van der Waals surface area contributed by atoms with E-state index < -0.39 is 24.3 Å². The van der Waals surface area contributed by atoms with Gasteiger partial charge >= 0.3 is 5.97 Å². The van der Waals surface area contributed by atoms with Gasteiger partial charge < -0.3 is 10.1 Å². The number of para-hydroxylation sites is 1. The van der Waals surface area contributed by atoms with E-state index in [1.807, 2.05) is 6.07 Å². The van der Waals surface area contributed by atoms with E-state index in [1.54, 1.807) is 24.3 Å². The summed E-state index contributed by atoms with van der Waals surface area (Å²) in [6.07, 6.45) is 0. The summed E-state index contributed by atoms with van der Waals surface area (Å²) in [4.78, 5) is 23.6.